The maximum atomic E-state index is 12.6. The number of hydrogen-bond acceptors (Lipinski definition) is 2. The molecule has 144 valence electrons. The highest BCUT2D eigenvalue weighted by Crippen LogP contribution is 2.21. The van der Waals surface area contributed by atoms with Crippen LogP contribution in [0.2, 0.25) is 0 Å². The summed E-state index contributed by atoms with van der Waals surface area (Å²) in [5.74, 6) is -1.23. The van der Waals surface area contributed by atoms with Crippen LogP contribution in [0.4, 0.5) is 13.2 Å². The summed E-state index contributed by atoms with van der Waals surface area (Å²) in [6.45, 7) is -0.622. The van der Waals surface area contributed by atoms with Crippen LogP contribution in [-0.2, 0) is 4.79 Å². The highest BCUT2D eigenvalue weighted by molar-refractivity contribution is 5.94. The molecule has 1 N–H and O–H groups in total. The smallest absolute Gasteiger partial charge is 0.347 e. The molecule has 0 radical (unpaired) electrons. The summed E-state index contributed by atoms with van der Waals surface area (Å²) in [5.41, 5.74) is 1.49. The van der Waals surface area contributed by atoms with Crippen molar-refractivity contribution < 1.29 is 22.8 Å². The zero-order valence-corrected chi connectivity index (χ0v) is 14.6. The van der Waals surface area contributed by atoms with Crippen molar-refractivity contribution >= 4 is 11.8 Å². The fourth-order valence-corrected chi connectivity index (χ4v) is 3.14. The molecule has 2 aromatic rings. The minimum Gasteiger partial charge on any atom is -0.347 e. The number of carbonyl (C=O) groups is 2. The Labute approximate surface area is 154 Å². The number of likely N-dealkylation sites (tertiary alicyclic amines) is 1. The van der Waals surface area contributed by atoms with E-state index in [1.807, 2.05) is 46.5 Å². The van der Waals surface area contributed by atoms with Crippen LogP contribution in [-0.4, -0.2) is 47.1 Å². The summed E-state index contributed by atoms with van der Waals surface area (Å²) in [7, 11) is 0. The van der Waals surface area contributed by atoms with Crippen LogP contribution in [0.3, 0.4) is 0 Å². The fraction of sp³-hybridized carbons (Fsp3) is 0.368. The normalized spacial score (nSPS) is 15.6. The molecule has 1 aromatic heterocycles. The van der Waals surface area contributed by atoms with Gasteiger partial charge in [0.1, 0.15) is 6.54 Å². The van der Waals surface area contributed by atoms with Gasteiger partial charge >= 0.3 is 6.18 Å². The molecule has 1 saturated heterocycles. The summed E-state index contributed by atoms with van der Waals surface area (Å²) >= 11 is 0. The molecule has 0 saturated carbocycles. The predicted molar refractivity (Wildman–Crippen MR) is 93.5 cm³/mol. The number of hydrogen-bond donors (Lipinski definition) is 1. The number of amides is 2. The molecular weight excluding hydrogens is 359 g/mol. The van der Waals surface area contributed by atoms with Crippen LogP contribution in [0.15, 0.2) is 48.8 Å². The summed E-state index contributed by atoms with van der Waals surface area (Å²) < 4.78 is 38.5. The molecule has 0 spiro atoms. The molecule has 0 atom stereocenters. The Morgan fingerprint density at radius 1 is 1.04 bits per heavy atom. The molecular formula is C19H20F3N3O2. The van der Waals surface area contributed by atoms with Gasteiger partial charge in [0.05, 0.1) is 0 Å². The van der Waals surface area contributed by atoms with E-state index < -0.39 is 24.5 Å². The number of alkyl halides is 3. The van der Waals surface area contributed by atoms with E-state index in [9.17, 15) is 22.8 Å². The quantitative estimate of drug-likeness (QED) is 0.888. The van der Waals surface area contributed by atoms with Crippen LogP contribution in [0, 0.1) is 5.92 Å². The first kappa shape index (κ1) is 19.0. The van der Waals surface area contributed by atoms with Crippen LogP contribution in [0.25, 0.3) is 5.69 Å². The zero-order chi connectivity index (χ0) is 19.4. The van der Waals surface area contributed by atoms with Gasteiger partial charge in [-0.3, -0.25) is 9.59 Å². The summed E-state index contributed by atoms with van der Waals surface area (Å²) in [6, 6.07) is 11.0. The van der Waals surface area contributed by atoms with E-state index in [1.54, 1.807) is 17.0 Å². The van der Waals surface area contributed by atoms with Crippen molar-refractivity contribution in [2.45, 2.75) is 19.0 Å². The lowest BCUT2D eigenvalue weighted by Crippen LogP contribution is -2.44. The van der Waals surface area contributed by atoms with Crippen LogP contribution < -0.4 is 5.32 Å². The van der Waals surface area contributed by atoms with Crippen LogP contribution in [0.1, 0.15) is 23.2 Å². The maximum Gasteiger partial charge on any atom is 0.405 e. The standard InChI is InChI=1S/C19H20F3N3O2/c20-19(21,22)13-23-17(26)14-7-11-25(12-8-14)18(27)15-3-5-16(6-4-15)24-9-1-2-10-24/h1-6,9-10,14H,7-8,11-13H2,(H,23,26). The van der Waals surface area contributed by atoms with E-state index in [-0.39, 0.29) is 5.91 Å². The number of carbonyl (C=O) groups excluding carboxylic acids is 2. The van der Waals surface area contributed by atoms with Crippen molar-refractivity contribution in [1.82, 2.24) is 14.8 Å². The van der Waals surface area contributed by atoms with Gasteiger partial charge in [0.25, 0.3) is 5.91 Å². The average Bonchev–Trinajstić information content (AvgIpc) is 3.20. The Bertz CT molecular complexity index is 778. The Balaban J connectivity index is 1.53. The number of halogens is 3. The van der Waals surface area contributed by atoms with Crippen molar-refractivity contribution in [2.24, 2.45) is 5.92 Å². The van der Waals surface area contributed by atoms with Gasteiger partial charge in [0, 0.05) is 42.7 Å². The number of nitrogens with zero attached hydrogens (tertiary/aromatic N) is 2. The summed E-state index contributed by atoms with van der Waals surface area (Å²) in [4.78, 5) is 26.1. The van der Waals surface area contributed by atoms with E-state index in [0.29, 0.717) is 31.5 Å². The molecule has 1 aromatic carbocycles. The van der Waals surface area contributed by atoms with Gasteiger partial charge in [-0.2, -0.15) is 13.2 Å². The largest absolute Gasteiger partial charge is 0.405 e. The second kappa shape index (κ2) is 7.85. The fourth-order valence-electron chi connectivity index (χ4n) is 3.14. The molecule has 1 aliphatic rings. The van der Waals surface area contributed by atoms with E-state index in [1.165, 1.54) is 0 Å². The Morgan fingerprint density at radius 2 is 1.63 bits per heavy atom. The van der Waals surface area contributed by atoms with E-state index in [0.717, 1.165) is 5.69 Å². The summed E-state index contributed by atoms with van der Waals surface area (Å²) in [5, 5.41) is 1.92. The number of aromatic nitrogens is 1. The molecule has 2 heterocycles. The van der Waals surface area contributed by atoms with Gasteiger partial charge in [0.2, 0.25) is 5.91 Å². The first-order valence-corrected chi connectivity index (χ1v) is 8.70. The molecule has 2 amide bonds. The zero-order valence-electron chi connectivity index (χ0n) is 14.6. The van der Waals surface area contributed by atoms with Gasteiger partial charge in [0.15, 0.2) is 0 Å². The number of rotatable bonds is 4. The number of nitrogens with one attached hydrogen (secondary N) is 1. The van der Waals surface area contributed by atoms with Crippen molar-refractivity contribution in [3.63, 3.8) is 0 Å². The second-order valence-corrected chi connectivity index (χ2v) is 6.54. The molecule has 0 aliphatic carbocycles. The highest BCUT2D eigenvalue weighted by Gasteiger charge is 2.32. The molecule has 5 nitrogen and oxygen atoms in total. The lowest BCUT2D eigenvalue weighted by molar-refractivity contribution is -0.141. The molecule has 3 rings (SSSR count). The topological polar surface area (TPSA) is 54.3 Å². The van der Waals surface area contributed by atoms with E-state index in [2.05, 4.69) is 0 Å². The van der Waals surface area contributed by atoms with Crippen molar-refractivity contribution in [3.8, 4) is 5.69 Å². The predicted octanol–water partition coefficient (Wildman–Crippen LogP) is 3.01. The number of piperidine rings is 1. The molecule has 1 aliphatic heterocycles. The van der Waals surface area contributed by atoms with Gasteiger partial charge in [-0.15, -0.1) is 0 Å². The first-order chi connectivity index (χ1) is 12.8. The Morgan fingerprint density at radius 3 is 2.19 bits per heavy atom. The van der Waals surface area contributed by atoms with Crippen LogP contribution >= 0.6 is 0 Å². The lowest BCUT2D eigenvalue weighted by Gasteiger charge is -2.31. The second-order valence-electron chi connectivity index (χ2n) is 6.54. The monoisotopic (exact) mass is 379 g/mol. The Kier molecular flexibility index (Phi) is 5.53. The average molecular weight is 379 g/mol. The molecule has 27 heavy (non-hydrogen) atoms. The molecule has 1 fully saturated rings. The highest BCUT2D eigenvalue weighted by atomic mass is 19.4. The summed E-state index contributed by atoms with van der Waals surface area (Å²) in [6.07, 6.45) is 0.115. The SMILES string of the molecule is O=C(NCC(F)(F)F)C1CCN(C(=O)c2ccc(-n3cccc3)cc2)CC1. The lowest BCUT2D eigenvalue weighted by atomic mass is 9.95. The third-order valence-corrected chi connectivity index (χ3v) is 4.63. The van der Waals surface area contributed by atoms with Gasteiger partial charge < -0.3 is 14.8 Å². The van der Waals surface area contributed by atoms with Crippen molar-refractivity contribution in [2.75, 3.05) is 19.6 Å². The Hall–Kier alpha value is -2.77. The number of benzene rings is 1. The first-order valence-electron chi connectivity index (χ1n) is 8.70. The van der Waals surface area contributed by atoms with Gasteiger partial charge in [-0.1, -0.05) is 0 Å². The third-order valence-electron chi connectivity index (χ3n) is 4.63. The van der Waals surface area contributed by atoms with Crippen LogP contribution in [0.5, 0.6) is 0 Å². The third kappa shape index (κ3) is 4.90. The minimum absolute atomic E-state index is 0.136. The maximum absolute atomic E-state index is 12.6. The van der Waals surface area contributed by atoms with Crippen molar-refractivity contribution in [3.05, 3.63) is 54.4 Å². The molecule has 0 bridgehead atoms. The van der Waals surface area contributed by atoms with E-state index >= 15 is 0 Å². The molecule has 8 heteroatoms. The minimum atomic E-state index is -4.42. The van der Waals surface area contributed by atoms with Gasteiger partial charge in [-0.05, 0) is 49.2 Å². The van der Waals surface area contributed by atoms with E-state index in [4.69, 9.17) is 0 Å². The van der Waals surface area contributed by atoms with Gasteiger partial charge in [-0.25, -0.2) is 0 Å². The molecule has 0 unspecified atom stereocenters. The van der Waals surface area contributed by atoms with Crippen molar-refractivity contribution in [1.29, 1.82) is 0 Å².